The molecule has 0 bridgehead atoms. The van der Waals surface area contributed by atoms with Crippen LogP contribution in [-0.4, -0.2) is 11.8 Å². The van der Waals surface area contributed by atoms with Gasteiger partial charge in [-0.15, -0.1) is 0 Å². The van der Waals surface area contributed by atoms with Crippen molar-refractivity contribution in [2.24, 2.45) is 5.92 Å². The number of halogens is 5. The van der Waals surface area contributed by atoms with Crippen molar-refractivity contribution < 1.29 is 36.3 Å². The summed E-state index contributed by atoms with van der Waals surface area (Å²) < 4.78 is 70.2. The van der Waals surface area contributed by atoms with Crippen molar-refractivity contribution in [1.82, 2.24) is 0 Å². The van der Waals surface area contributed by atoms with E-state index in [2.05, 4.69) is 4.74 Å². The van der Waals surface area contributed by atoms with Gasteiger partial charge in [0.15, 0.2) is 0 Å². The smallest absolute Gasteiger partial charge is 0.311 e. The lowest BCUT2D eigenvalue weighted by atomic mass is 9.84. The SMILES string of the molecule is O=C(CCCCCC(=O)C1CCCCC1)Oc1c(F)c(F)c(F)c(F)c1F. The van der Waals surface area contributed by atoms with Crippen molar-refractivity contribution in [3.05, 3.63) is 29.1 Å². The maximum atomic E-state index is 13.4. The predicted octanol–water partition coefficient (Wildman–Crippen LogP) is 5.39. The molecule has 150 valence electrons. The first-order chi connectivity index (χ1) is 12.8. The van der Waals surface area contributed by atoms with E-state index in [0.29, 0.717) is 19.3 Å². The average molecular weight is 392 g/mol. The molecule has 0 saturated heterocycles. The Bertz CT molecular complexity index is 670. The summed E-state index contributed by atoms with van der Waals surface area (Å²) >= 11 is 0. The van der Waals surface area contributed by atoms with Crippen LogP contribution in [-0.2, 0) is 9.59 Å². The first-order valence-corrected chi connectivity index (χ1v) is 9.07. The van der Waals surface area contributed by atoms with Crippen LogP contribution in [0.5, 0.6) is 5.75 Å². The Morgan fingerprint density at radius 2 is 1.26 bits per heavy atom. The number of Topliss-reactive ketones (excluding diaryl/α,β-unsaturated/α-hetero) is 1. The number of ether oxygens (including phenoxy) is 1. The quantitative estimate of drug-likeness (QED) is 0.149. The molecule has 0 N–H and O–H groups in total. The van der Waals surface area contributed by atoms with Crippen molar-refractivity contribution in [1.29, 1.82) is 0 Å². The van der Waals surface area contributed by atoms with Gasteiger partial charge in [-0.1, -0.05) is 25.7 Å². The molecule has 1 aliphatic carbocycles. The fraction of sp³-hybridized carbons (Fsp3) is 0.579. The lowest BCUT2D eigenvalue weighted by Gasteiger charge is -2.20. The predicted molar refractivity (Wildman–Crippen MR) is 86.5 cm³/mol. The third-order valence-corrected chi connectivity index (χ3v) is 4.75. The summed E-state index contributed by atoms with van der Waals surface area (Å²) in [6.07, 6.45) is 6.69. The third-order valence-electron chi connectivity index (χ3n) is 4.75. The molecule has 0 radical (unpaired) electrons. The van der Waals surface area contributed by atoms with E-state index in [4.69, 9.17) is 0 Å². The lowest BCUT2D eigenvalue weighted by molar-refractivity contribution is -0.135. The fourth-order valence-corrected chi connectivity index (χ4v) is 3.21. The van der Waals surface area contributed by atoms with Gasteiger partial charge in [0.2, 0.25) is 34.8 Å². The molecule has 2 rings (SSSR count). The monoisotopic (exact) mass is 392 g/mol. The molecule has 0 heterocycles. The minimum absolute atomic E-state index is 0.123. The molecule has 0 spiro atoms. The number of carbonyl (C=O) groups is 2. The molecule has 1 aromatic rings. The molecular weight excluding hydrogens is 371 g/mol. The molecule has 0 unspecified atom stereocenters. The van der Waals surface area contributed by atoms with Crippen LogP contribution >= 0.6 is 0 Å². The zero-order chi connectivity index (χ0) is 20.0. The van der Waals surface area contributed by atoms with Gasteiger partial charge in [0.05, 0.1) is 0 Å². The zero-order valence-electron chi connectivity index (χ0n) is 14.8. The second-order valence-corrected chi connectivity index (χ2v) is 6.74. The number of benzene rings is 1. The maximum Gasteiger partial charge on any atom is 0.311 e. The highest BCUT2D eigenvalue weighted by Gasteiger charge is 2.28. The topological polar surface area (TPSA) is 43.4 Å². The van der Waals surface area contributed by atoms with Gasteiger partial charge in [-0.2, -0.15) is 8.78 Å². The van der Waals surface area contributed by atoms with Gasteiger partial charge in [0, 0.05) is 18.8 Å². The molecule has 0 amide bonds. The Morgan fingerprint density at radius 1 is 0.741 bits per heavy atom. The number of unbranched alkanes of at least 4 members (excludes halogenated alkanes) is 2. The van der Waals surface area contributed by atoms with E-state index in [1.165, 1.54) is 0 Å². The summed E-state index contributed by atoms with van der Waals surface area (Å²) in [6.45, 7) is 0. The number of carbonyl (C=O) groups excluding carboxylic acids is 2. The van der Waals surface area contributed by atoms with Crippen molar-refractivity contribution >= 4 is 11.8 Å². The minimum atomic E-state index is -2.31. The summed E-state index contributed by atoms with van der Waals surface area (Å²) in [5.41, 5.74) is 0. The highest BCUT2D eigenvalue weighted by molar-refractivity contribution is 5.81. The van der Waals surface area contributed by atoms with E-state index in [1.54, 1.807) is 0 Å². The van der Waals surface area contributed by atoms with E-state index >= 15 is 0 Å². The van der Waals surface area contributed by atoms with E-state index in [0.717, 1.165) is 32.1 Å². The van der Waals surface area contributed by atoms with Crippen LogP contribution < -0.4 is 4.74 Å². The molecular formula is C19H21F5O3. The molecule has 0 aromatic heterocycles. The van der Waals surface area contributed by atoms with E-state index < -0.39 is 40.8 Å². The number of ketones is 1. The lowest BCUT2D eigenvalue weighted by Crippen LogP contribution is -2.17. The largest absolute Gasteiger partial charge is 0.420 e. The Kier molecular flexibility index (Phi) is 7.74. The van der Waals surface area contributed by atoms with Gasteiger partial charge in [-0.05, 0) is 25.7 Å². The average Bonchev–Trinajstić information content (AvgIpc) is 2.68. The van der Waals surface area contributed by atoms with Crippen LogP contribution in [0.2, 0.25) is 0 Å². The standard InChI is InChI=1S/C19H21F5O3/c20-14-15(21)17(23)19(18(24)16(14)22)27-13(26)10-6-2-5-9-12(25)11-7-3-1-4-8-11/h11H,1-10H2. The Hall–Kier alpha value is -1.99. The normalized spacial score (nSPS) is 15.0. The summed E-state index contributed by atoms with van der Waals surface area (Å²) in [7, 11) is 0. The number of rotatable bonds is 8. The molecule has 3 nitrogen and oxygen atoms in total. The van der Waals surface area contributed by atoms with Crippen molar-refractivity contribution in [3.8, 4) is 5.75 Å². The van der Waals surface area contributed by atoms with Crippen LogP contribution in [0, 0.1) is 35.0 Å². The van der Waals surface area contributed by atoms with Gasteiger partial charge >= 0.3 is 5.97 Å². The van der Waals surface area contributed by atoms with Gasteiger partial charge in [-0.3, -0.25) is 9.59 Å². The molecule has 1 aromatic carbocycles. The maximum absolute atomic E-state index is 13.4. The number of hydrogen-bond donors (Lipinski definition) is 0. The summed E-state index contributed by atoms with van der Waals surface area (Å²) in [4.78, 5) is 23.6. The molecule has 1 fully saturated rings. The van der Waals surface area contributed by atoms with E-state index in [1.807, 2.05) is 0 Å². The minimum Gasteiger partial charge on any atom is -0.420 e. The van der Waals surface area contributed by atoms with Crippen LogP contribution in [0.15, 0.2) is 0 Å². The Morgan fingerprint density at radius 3 is 1.85 bits per heavy atom. The van der Waals surface area contributed by atoms with Gasteiger partial charge < -0.3 is 4.74 Å². The summed E-state index contributed by atoms with van der Waals surface area (Å²) in [5, 5.41) is 0. The second kappa shape index (κ2) is 9.80. The molecule has 8 heteroatoms. The van der Waals surface area contributed by atoms with Gasteiger partial charge in [-0.25, -0.2) is 13.2 Å². The molecule has 27 heavy (non-hydrogen) atoms. The zero-order valence-corrected chi connectivity index (χ0v) is 14.8. The third kappa shape index (κ3) is 5.49. The van der Waals surface area contributed by atoms with Gasteiger partial charge in [0.25, 0.3) is 0 Å². The molecule has 0 atom stereocenters. The molecule has 1 aliphatic rings. The first kappa shape index (κ1) is 21.3. The van der Waals surface area contributed by atoms with E-state index in [-0.39, 0.29) is 24.5 Å². The van der Waals surface area contributed by atoms with Crippen LogP contribution in [0.1, 0.15) is 64.2 Å². The van der Waals surface area contributed by atoms with Gasteiger partial charge in [0.1, 0.15) is 5.78 Å². The highest BCUT2D eigenvalue weighted by Crippen LogP contribution is 2.29. The van der Waals surface area contributed by atoms with Crippen LogP contribution in [0.3, 0.4) is 0 Å². The Balaban J connectivity index is 1.75. The number of hydrogen-bond acceptors (Lipinski definition) is 3. The fourth-order valence-electron chi connectivity index (χ4n) is 3.21. The first-order valence-electron chi connectivity index (χ1n) is 9.07. The summed E-state index contributed by atoms with van der Waals surface area (Å²) in [6, 6.07) is 0. The highest BCUT2D eigenvalue weighted by atomic mass is 19.2. The van der Waals surface area contributed by atoms with Crippen molar-refractivity contribution in [2.45, 2.75) is 64.2 Å². The molecule has 0 aliphatic heterocycles. The summed E-state index contributed by atoms with van der Waals surface area (Å²) in [5.74, 6) is -13.4. The van der Waals surface area contributed by atoms with Crippen molar-refractivity contribution in [2.75, 3.05) is 0 Å². The second-order valence-electron chi connectivity index (χ2n) is 6.74. The number of esters is 1. The van der Waals surface area contributed by atoms with Crippen LogP contribution in [0.25, 0.3) is 0 Å². The Labute approximate surface area is 153 Å². The van der Waals surface area contributed by atoms with Crippen molar-refractivity contribution in [3.63, 3.8) is 0 Å². The van der Waals surface area contributed by atoms with E-state index in [9.17, 15) is 31.5 Å². The molecule has 1 saturated carbocycles. The van der Waals surface area contributed by atoms with Crippen LogP contribution in [0.4, 0.5) is 22.0 Å².